The van der Waals surface area contributed by atoms with Crippen molar-refractivity contribution in [2.75, 3.05) is 32.7 Å². The molecule has 1 aromatic heterocycles. The molecule has 5 heteroatoms. The van der Waals surface area contributed by atoms with Gasteiger partial charge in [-0.25, -0.2) is 0 Å². The number of hydrogen-bond acceptors (Lipinski definition) is 4. The lowest BCUT2D eigenvalue weighted by Crippen LogP contribution is -2.50. The predicted molar refractivity (Wildman–Crippen MR) is 83.5 cm³/mol. The molecule has 1 aliphatic heterocycles. The van der Waals surface area contributed by atoms with E-state index >= 15 is 0 Å². The van der Waals surface area contributed by atoms with Crippen LogP contribution in [0.5, 0.6) is 0 Å². The molecule has 2 N–H and O–H groups in total. The van der Waals surface area contributed by atoms with Gasteiger partial charge in [0, 0.05) is 51.7 Å². The summed E-state index contributed by atoms with van der Waals surface area (Å²) in [4.78, 5) is 20.8. The van der Waals surface area contributed by atoms with Crippen LogP contribution in [0.3, 0.4) is 0 Å². The van der Waals surface area contributed by atoms with Crippen molar-refractivity contribution in [2.45, 2.75) is 26.3 Å². The van der Waals surface area contributed by atoms with E-state index in [1.165, 1.54) is 5.56 Å². The van der Waals surface area contributed by atoms with E-state index in [4.69, 9.17) is 5.73 Å². The first-order valence-corrected chi connectivity index (χ1v) is 7.84. The van der Waals surface area contributed by atoms with Gasteiger partial charge in [-0.3, -0.25) is 14.7 Å². The summed E-state index contributed by atoms with van der Waals surface area (Å²) in [7, 11) is 0. The topological polar surface area (TPSA) is 62.5 Å². The molecular weight excluding hydrogens is 264 g/mol. The van der Waals surface area contributed by atoms with Gasteiger partial charge in [0.25, 0.3) is 0 Å². The average Bonchev–Trinajstić information content (AvgIpc) is 2.54. The number of amides is 1. The van der Waals surface area contributed by atoms with E-state index < -0.39 is 0 Å². The fourth-order valence-corrected chi connectivity index (χ4v) is 2.82. The molecule has 2 rings (SSSR count). The van der Waals surface area contributed by atoms with Gasteiger partial charge in [-0.2, -0.15) is 0 Å². The fraction of sp³-hybridized carbons (Fsp3) is 0.625. The van der Waals surface area contributed by atoms with E-state index in [2.05, 4.69) is 16.8 Å². The average molecular weight is 290 g/mol. The van der Waals surface area contributed by atoms with Crippen LogP contribution in [0.2, 0.25) is 0 Å². The number of pyridine rings is 1. The molecule has 21 heavy (non-hydrogen) atoms. The number of carbonyl (C=O) groups excluding carboxylic acids is 1. The molecule has 0 bridgehead atoms. The van der Waals surface area contributed by atoms with Crippen molar-refractivity contribution >= 4 is 5.91 Å². The molecule has 1 fully saturated rings. The minimum absolute atomic E-state index is 0.00162. The summed E-state index contributed by atoms with van der Waals surface area (Å²) in [6.45, 7) is 6.97. The van der Waals surface area contributed by atoms with Gasteiger partial charge in [-0.05, 0) is 24.1 Å². The first-order chi connectivity index (χ1) is 10.2. The largest absolute Gasteiger partial charge is 0.340 e. The number of piperazine rings is 1. The Bertz CT molecular complexity index is 429. The van der Waals surface area contributed by atoms with Crippen LogP contribution in [0, 0.1) is 5.92 Å². The summed E-state index contributed by atoms with van der Waals surface area (Å²) in [6.07, 6.45) is 5.56. The van der Waals surface area contributed by atoms with Gasteiger partial charge >= 0.3 is 0 Å². The molecule has 1 aliphatic rings. The molecule has 1 unspecified atom stereocenters. The number of aromatic nitrogens is 1. The molecule has 116 valence electrons. The third-order valence-corrected chi connectivity index (χ3v) is 4.11. The van der Waals surface area contributed by atoms with Crippen LogP contribution in [-0.2, 0) is 11.3 Å². The number of hydrogen-bond donors (Lipinski definition) is 1. The lowest BCUT2D eigenvalue weighted by molar-refractivity contribution is -0.137. The van der Waals surface area contributed by atoms with Gasteiger partial charge in [0.2, 0.25) is 5.91 Å². The number of carbonyl (C=O) groups is 1. The highest BCUT2D eigenvalue weighted by atomic mass is 16.2. The Morgan fingerprint density at radius 1 is 1.29 bits per heavy atom. The van der Waals surface area contributed by atoms with Crippen LogP contribution in [-0.4, -0.2) is 53.4 Å². The van der Waals surface area contributed by atoms with Gasteiger partial charge in [0.05, 0.1) is 5.92 Å². The highest BCUT2D eigenvalue weighted by Crippen LogP contribution is 2.13. The lowest BCUT2D eigenvalue weighted by Gasteiger charge is -2.36. The predicted octanol–water partition coefficient (Wildman–Crippen LogP) is 1.10. The van der Waals surface area contributed by atoms with Crippen LogP contribution in [0.4, 0.5) is 0 Å². The van der Waals surface area contributed by atoms with E-state index in [0.29, 0.717) is 6.54 Å². The van der Waals surface area contributed by atoms with Crippen molar-refractivity contribution in [1.82, 2.24) is 14.8 Å². The second kappa shape index (κ2) is 8.10. The van der Waals surface area contributed by atoms with Gasteiger partial charge in [-0.15, -0.1) is 0 Å². The monoisotopic (exact) mass is 290 g/mol. The maximum atomic E-state index is 12.4. The van der Waals surface area contributed by atoms with Crippen molar-refractivity contribution in [3.8, 4) is 0 Å². The Hall–Kier alpha value is -1.46. The summed E-state index contributed by atoms with van der Waals surface area (Å²) >= 11 is 0. The van der Waals surface area contributed by atoms with E-state index in [9.17, 15) is 4.79 Å². The Morgan fingerprint density at radius 2 is 1.95 bits per heavy atom. The van der Waals surface area contributed by atoms with E-state index in [0.717, 1.165) is 45.6 Å². The second-order valence-corrected chi connectivity index (χ2v) is 5.68. The van der Waals surface area contributed by atoms with E-state index in [-0.39, 0.29) is 11.8 Å². The zero-order chi connectivity index (χ0) is 15.1. The Labute approximate surface area is 127 Å². The third kappa shape index (κ3) is 4.51. The minimum atomic E-state index is 0.00162. The summed E-state index contributed by atoms with van der Waals surface area (Å²) in [5, 5.41) is 0. The molecule has 1 amide bonds. The molecule has 0 saturated carbocycles. The van der Waals surface area contributed by atoms with Crippen LogP contribution in [0.1, 0.15) is 25.3 Å². The summed E-state index contributed by atoms with van der Waals surface area (Å²) in [5.41, 5.74) is 7.01. The van der Waals surface area contributed by atoms with E-state index in [1.807, 2.05) is 29.4 Å². The zero-order valence-corrected chi connectivity index (χ0v) is 12.9. The zero-order valence-electron chi connectivity index (χ0n) is 12.9. The lowest BCUT2D eigenvalue weighted by atomic mass is 10.0. The minimum Gasteiger partial charge on any atom is -0.340 e. The molecular formula is C16H26N4O. The van der Waals surface area contributed by atoms with Crippen molar-refractivity contribution in [1.29, 1.82) is 0 Å². The first kappa shape index (κ1) is 15.9. The maximum absolute atomic E-state index is 12.4. The molecule has 0 spiro atoms. The Morgan fingerprint density at radius 3 is 2.52 bits per heavy atom. The Kier molecular flexibility index (Phi) is 6.14. The van der Waals surface area contributed by atoms with Gasteiger partial charge in [-0.1, -0.05) is 13.3 Å². The molecule has 5 nitrogen and oxygen atoms in total. The number of rotatable bonds is 6. The molecule has 0 radical (unpaired) electrons. The molecule has 1 aromatic rings. The van der Waals surface area contributed by atoms with E-state index in [1.54, 1.807) is 0 Å². The normalized spacial score (nSPS) is 17.7. The molecule has 1 saturated heterocycles. The summed E-state index contributed by atoms with van der Waals surface area (Å²) in [5.74, 6) is 0.240. The molecule has 0 aliphatic carbocycles. The maximum Gasteiger partial charge on any atom is 0.227 e. The number of nitrogens with two attached hydrogens (primary N) is 1. The van der Waals surface area contributed by atoms with Crippen molar-refractivity contribution in [3.05, 3.63) is 30.1 Å². The van der Waals surface area contributed by atoms with Crippen molar-refractivity contribution in [3.63, 3.8) is 0 Å². The molecule has 1 atom stereocenters. The van der Waals surface area contributed by atoms with Crippen LogP contribution in [0.15, 0.2) is 24.5 Å². The standard InChI is InChI=1S/C16H26N4O/c1-2-3-15(12-17)16(21)20-10-8-19(9-11-20)13-14-4-6-18-7-5-14/h4-7,15H,2-3,8-13,17H2,1H3. The van der Waals surface area contributed by atoms with Crippen molar-refractivity contribution in [2.24, 2.45) is 11.7 Å². The van der Waals surface area contributed by atoms with Crippen LogP contribution >= 0.6 is 0 Å². The SMILES string of the molecule is CCCC(CN)C(=O)N1CCN(Cc2ccncc2)CC1. The van der Waals surface area contributed by atoms with Gasteiger partial charge < -0.3 is 10.6 Å². The van der Waals surface area contributed by atoms with Gasteiger partial charge in [0.15, 0.2) is 0 Å². The molecule has 2 heterocycles. The summed E-state index contributed by atoms with van der Waals surface area (Å²) < 4.78 is 0. The van der Waals surface area contributed by atoms with Crippen LogP contribution in [0.25, 0.3) is 0 Å². The fourth-order valence-electron chi connectivity index (χ4n) is 2.82. The van der Waals surface area contributed by atoms with Gasteiger partial charge in [0.1, 0.15) is 0 Å². The first-order valence-electron chi connectivity index (χ1n) is 7.84. The highest BCUT2D eigenvalue weighted by molar-refractivity contribution is 5.79. The number of nitrogens with zero attached hydrogens (tertiary/aromatic N) is 3. The smallest absolute Gasteiger partial charge is 0.227 e. The van der Waals surface area contributed by atoms with Crippen molar-refractivity contribution < 1.29 is 4.79 Å². The highest BCUT2D eigenvalue weighted by Gasteiger charge is 2.25. The molecule has 0 aromatic carbocycles. The van der Waals surface area contributed by atoms with Crippen LogP contribution < -0.4 is 5.73 Å². The Balaban J connectivity index is 1.81. The summed E-state index contributed by atoms with van der Waals surface area (Å²) in [6, 6.07) is 4.09. The quantitative estimate of drug-likeness (QED) is 0.852. The second-order valence-electron chi connectivity index (χ2n) is 5.68. The third-order valence-electron chi connectivity index (χ3n) is 4.11.